The van der Waals surface area contributed by atoms with Crippen LogP contribution in [0, 0.1) is 0 Å². The minimum absolute atomic E-state index is 0.705. The van der Waals surface area contributed by atoms with E-state index in [4.69, 9.17) is 5.73 Å². The van der Waals surface area contributed by atoms with E-state index in [0.717, 1.165) is 13.0 Å². The minimum atomic E-state index is 0.705. The maximum Gasteiger partial charge on any atom is 0.331 e. The zero-order valence-corrected chi connectivity index (χ0v) is 6.52. The van der Waals surface area contributed by atoms with E-state index in [1.807, 2.05) is 0 Å². The first-order chi connectivity index (χ1) is 4.86. The van der Waals surface area contributed by atoms with Crippen LogP contribution in [-0.4, -0.2) is 4.98 Å². The summed E-state index contributed by atoms with van der Waals surface area (Å²) in [4.78, 5) is 4.21. The van der Waals surface area contributed by atoms with Crippen LogP contribution < -0.4 is 9.69 Å². The van der Waals surface area contributed by atoms with Crippen LogP contribution in [0.1, 0.15) is 18.7 Å². The highest BCUT2D eigenvalue weighted by atomic mass is 32.1. The van der Waals surface area contributed by atoms with Crippen LogP contribution >= 0.6 is 11.5 Å². The average Bonchev–Trinajstić information content (AvgIpc) is 2.27. The molecule has 2 rings (SSSR count). The SMILES string of the molecule is Nc1nc2[n+](s1)CCCC2. The molecule has 0 unspecified atom stereocenters. The molecule has 10 heavy (non-hydrogen) atoms. The van der Waals surface area contributed by atoms with Crippen molar-refractivity contribution in [3.8, 4) is 0 Å². The quantitative estimate of drug-likeness (QED) is 0.551. The normalized spacial score (nSPS) is 16.8. The molecular weight excluding hydrogens is 146 g/mol. The maximum absolute atomic E-state index is 5.54. The zero-order valence-electron chi connectivity index (χ0n) is 5.71. The predicted octanol–water partition coefficient (Wildman–Crippen LogP) is 0.349. The lowest BCUT2D eigenvalue weighted by Gasteiger charge is -2.01. The van der Waals surface area contributed by atoms with Crippen LogP contribution in [-0.2, 0) is 13.0 Å². The second kappa shape index (κ2) is 2.20. The molecule has 0 aromatic carbocycles. The van der Waals surface area contributed by atoms with Crippen LogP contribution in [0.2, 0.25) is 0 Å². The lowest BCUT2D eigenvalue weighted by Crippen LogP contribution is -2.36. The molecule has 1 aromatic rings. The van der Waals surface area contributed by atoms with Gasteiger partial charge in [-0.05, 0) is 17.8 Å². The molecule has 0 fully saturated rings. The number of nitrogens with two attached hydrogens (primary N) is 1. The van der Waals surface area contributed by atoms with Gasteiger partial charge in [-0.1, -0.05) is 0 Å². The van der Waals surface area contributed by atoms with Crippen molar-refractivity contribution >= 4 is 16.7 Å². The van der Waals surface area contributed by atoms with Gasteiger partial charge in [0.1, 0.15) is 18.1 Å². The molecule has 2 heterocycles. The van der Waals surface area contributed by atoms with Crippen molar-refractivity contribution in [1.29, 1.82) is 0 Å². The Hall–Kier alpha value is -0.640. The van der Waals surface area contributed by atoms with Crippen molar-refractivity contribution < 1.29 is 3.96 Å². The molecule has 0 spiro atoms. The fourth-order valence-electron chi connectivity index (χ4n) is 1.26. The standard InChI is InChI=1S/C6H9N3S/c7-6-8-5-3-1-2-4-9(5)10-6/h7H,1-4H2/p+1. The lowest BCUT2D eigenvalue weighted by atomic mass is 10.2. The number of aromatic nitrogens is 2. The number of aryl methyl sites for hydroxylation is 2. The topological polar surface area (TPSA) is 42.8 Å². The Morgan fingerprint density at radius 2 is 2.40 bits per heavy atom. The van der Waals surface area contributed by atoms with Crippen molar-refractivity contribution in [1.82, 2.24) is 4.98 Å². The van der Waals surface area contributed by atoms with Gasteiger partial charge in [0.25, 0.3) is 0 Å². The maximum atomic E-state index is 5.54. The van der Waals surface area contributed by atoms with Gasteiger partial charge in [0.2, 0.25) is 0 Å². The smallest absolute Gasteiger partial charge is 0.331 e. The van der Waals surface area contributed by atoms with E-state index in [1.165, 1.54) is 18.7 Å². The van der Waals surface area contributed by atoms with Crippen molar-refractivity contribution in [3.05, 3.63) is 5.82 Å². The fraction of sp³-hybridized carbons (Fsp3) is 0.667. The van der Waals surface area contributed by atoms with E-state index in [-0.39, 0.29) is 0 Å². The molecule has 0 amide bonds. The van der Waals surface area contributed by atoms with Gasteiger partial charge < -0.3 is 5.73 Å². The number of anilines is 1. The van der Waals surface area contributed by atoms with Gasteiger partial charge in [0.15, 0.2) is 0 Å². The van der Waals surface area contributed by atoms with E-state index in [1.54, 1.807) is 11.5 Å². The van der Waals surface area contributed by atoms with E-state index in [9.17, 15) is 0 Å². The summed E-state index contributed by atoms with van der Waals surface area (Å²) in [7, 11) is 0. The number of nitrogens with zero attached hydrogens (tertiary/aromatic N) is 2. The van der Waals surface area contributed by atoms with Crippen molar-refractivity contribution in [2.24, 2.45) is 0 Å². The minimum Gasteiger partial charge on any atom is -0.351 e. The van der Waals surface area contributed by atoms with Gasteiger partial charge in [-0.3, -0.25) is 0 Å². The number of hydrogen-bond acceptors (Lipinski definition) is 3. The largest absolute Gasteiger partial charge is 0.351 e. The van der Waals surface area contributed by atoms with Crippen LogP contribution in [0.4, 0.5) is 5.13 Å². The molecule has 0 radical (unpaired) electrons. The molecular formula is C6H10N3S+. The van der Waals surface area contributed by atoms with Gasteiger partial charge in [-0.25, -0.2) is 0 Å². The third-order valence-corrected chi connectivity index (χ3v) is 2.63. The Balaban J connectivity index is 2.41. The van der Waals surface area contributed by atoms with Gasteiger partial charge >= 0.3 is 11.0 Å². The van der Waals surface area contributed by atoms with Crippen molar-refractivity contribution in [3.63, 3.8) is 0 Å². The molecule has 1 aromatic heterocycles. The van der Waals surface area contributed by atoms with Crippen molar-refractivity contribution in [2.45, 2.75) is 25.8 Å². The summed E-state index contributed by atoms with van der Waals surface area (Å²) in [6.45, 7) is 1.12. The molecule has 0 atom stereocenters. The summed E-state index contributed by atoms with van der Waals surface area (Å²) in [5.41, 5.74) is 5.54. The first kappa shape index (κ1) is 6.09. The molecule has 2 N–H and O–H groups in total. The lowest BCUT2D eigenvalue weighted by molar-refractivity contribution is -0.645. The third-order valence-electron chi connectivity index (χ3n) is 1.74. The monoisotopic (exact) mass is 156 g/mol. The Kier molecular flexibility index (Phi) is 1.34. The number of nitrogen functional groups attached to an aromatic ring is 1. The van der Waals surface area contributed by atoms with Gasteiger partial charge in [0, 0.05) is 0 Å². The molecule has 1 aliphatic rings. The molecule has 0 saturated heterocycles. The highest BCUT2D eigenvalue weighted by molar-refractivity contribution is 7.05. The number of rotatable bonds is 0. The van der Waals surface area contributed by atoms with E-state index >= 15 is 0 Å². The van der Waals surface area contributed by atoms with E-state index in [2.05, 4.69) is 8.94 Å². The molecule has 0 bridgehead atoms. The predicted molar refractivity (Wildman–Crippen MR) is 39.7 cm³/mol. The van der Waals surface area contributed by atoms with Gasteiger partial charge in [-0.15, -0.1) is 0 Å². The summed E-state index contributed by atoms with van der Waals surface area (Å²) in [6.07, 6.45) is 3.65. The van der Waals surface area contributed by atoms with Gasteiger partial charge in [-0.2, -0.15) is 3.96 Å². The highest BCUT2D eigenvalue weighted by Gasteiger charge is 2.21. The van der Waals surface area contributed by atoms with Crippen LogP contribution in [0.15, 0.2) is 0 Å². The first-order valence-electron chi connectivity index (χ1n) is 3.52. The Bertz CT molecular complexity index is 220. The molecule has 4 heteroatoms. The van der Waals surface area contributed by atoms with E-state index in [0.29, 0.717) is 5.13 Å². The molecule has 1 aliphatic heterocycles. The summed E-state index contributed by atoms with van der Waals surface area (Å²) < 4.78 is 2.19. The Morgan fingerprint density at radius 3 is 3.20 bits per heavy atom. The molecule has 0 aliphatic carbocycles. The van der Waals surface area contributed by atoms with Crippen LogP contribution in [0.3, 0.4) is 0 Å². The summed E-state index contributed by atoms with van der Waals surface area (Å²) in [6, 6.07) is 0. The van der Waals surface area contributed by atoms with Crippen LogP contribution in [0.25, 0.3) is 0 Å². The van der Waals surface area contributed by atoms with Gasteiger partial charge in [0.05, 0.1) is 6.42 Å². The first-order valence-corrected chi connectivity index (χ1v) is 4.29. The number of hydrogen-bond donors (Lipinski definition) is 1. The summed E-state index contributed by atoms with van der Waals surface area (Å²) in [5.74, 6) is 1.17. The third kappa shape index (κ3) is 0.883. The molecule has 0 saturated carbocycles. The Labute approximate surface area is 63.7 Å². The Morgan fingerprint density at radius 1 is 1.50 bits per heavy atom. The molecule has 3 nitrogen and oxygen atoms in total. The fourth-order valence-corrected chi connectivity index (χ4v) is 2.09. The van der Waals surface area contributed by atoms with Crippen molar-refractivity contribution in [2.75, 3.05) is 5.73 Å². The number of fused-ring (bicyclic) bond motifs is 1. The molecule has 54 valence electrons. The summed E-state index contributed by atoms with van der Waals surface area (Å²) >= 11 is 1.57. The van der Waals surface area contributed by atoms with Crippen LogP contribution in [0.5, 0.6) is 0 Å². The summed E-state index contributed by atoms with van der Waals surface area (Å²) in [5, 5.41) is 0.705. The average molecular weight is 156 g/mol. The highest BCUT2D eigenvalue weighted by Crippen LogP contribution is 2.11. The zero-order chi connectivity index (χ0) is 6.97. The van der Waals surface area contributed by atoms with E-state index < -0.39 is 0 Å². The second-order valence-electron chi connectivity index (χ2n) is 2.52. The second-order valence-corrected chi connectivity index (χ2v) is 3.56.